The molecule has 1 aromatic rings. The minimum atomic E-state index is 0. The van der Waals surface area contributed by atoms with Crippen molar-refractivity contribution in [3.63, 3.8) is 0 Å². The fraction of sp³-hybridized carbons (Fsp3) is 0.667. The molecule has 2 aliphatic rings. The van der Waals surface area contributed by atoms with Crippen LogP contribution in [0.15, 0.2) is 35.3 Å². The summed E-state index contributed by atoms with van der Waals surface area (Å²) in [5, 5.41) is 3.50. The zero-order chi connectivity index (χ0) is 18.4. The van der Waals surface area contributed by atoms with Crippen molar-refractivity contribution in [1.82, 2.24) is 15.1 Å². The number of nitrogens with zero attached hydrogens (tertiary/aromatic N) is 3. The van der Waals surface area contributed by atoms with Crippen molar-refractivity contribution in [2.75, 3.05) is 45.9 Å². The molecule has 0 aliphatic carbocycles. The average molecular weight is 486 g/mol. The maximum atomic E-state index is 5.56. The van der Waals surface area contributed by atoms with Crippen LogP contribution in [-0.2, 0) is 4.74 Å². The Kier molecular flexibility index (Phi) is 9.32. The van der Waals surface area contributed by atoms with E-state index < -0.39 is 0 Å². The summed E-state index contributed by atoms with van der Waals surface area (Å²) in [6.07, 6.45) is 1.20. The molecule has 0 bridgehead atoms. The highest BCUT2D eigenvalue weighted by Gasteiger charge is 2.27. The molecule has 0 amide bonds. The number of hydrogen-bond donors (Lipinski definition) is 1. The highest BCUT2D eigenvalue weighted by atomic mass is 127. The largest absolute Gasteiger partial charge is 0.379 e. The van der Waals surface area contributed by atoms with E-state index in [1.807, 2.05) is 0 Å². The van der Waals surface area contributed by atoms with Gasteiger partial charge in [0.15, 0.2) is 5.96 Å². The maximum Gasteiger partial charge on any atom is 0.193 e. The van der Waals surface area contributed by atoms with Crippen molar-refractivity contribution < 1.29 is 4.74 Å². The van der Waals surface area contributed by atoms with Gasteiger partial charge in [-0.3, -0.25) is 9.89 Å². The summed E-state index contributed by atoms with van der Waals surface area (Å²) >= 11 is 0. The molecule has 6 heteroatoms. The standard InChI is InChI=1S/C21H34N4O.HI/c1-4-22-21(23-14-17(2)25-12-13-26-16-18(25)3)24-11-10-20(15-24)19-8-6-5-7-9-19;/h5-9,17-18,20H,4,10-16H2,1-3H3,(H,22,23);1H. The molecule has 5 nitrogen and oxygen atoms in total. The van der Waals surface area contributed by atoms with E-state index in [2.05, 4.69) is 66.2 Å². The Balaban J connectivity index is 0.00000261. The molecule has 3 rings (SSSR count). The van der Waals surface area contributed by atoms with Crippen molar-refractivity contribution >= 4 is 29.9 Å². The molecular weight excluding hydrogens is 451 g/mol. The Labute approximate surface area is 181 Å². The molecule has 0 aromatic heterocycles. The number of aliphatic imine (C=N–C) groups is 1. The number of morpholine rings is 1. The number of benzene rings is 1. The number of guanidine groups is 1. The smallest absolute Gasteiger partial charge is 0.193 e. The van der Waals surface area contributed by atoms with Crippen LogP contribution in [0.1, 0.15) is 38.7 Å². The second kappa shape index (κ2) is 11.2. The Bertz CT molecular complexity index is 583. The van der Waals surface area contributed by atoms with Crippen molar-refractivity contribution in [3.05, 3.63) is 35.9 Å². The van der Waals surface area contributed by atoms with Gasteiger partial charge >= 0.3 is 0 Å². The third-order valence-electron chi connectivity index (χ3n) is 5.58. The van der Waals surface area contributed by atoms with Gasteiger partial charge in [-0.1, -0.05) is 30.3 Å². The first-order valence-electron chi connectivity index (χ1n) is 10.1. The predicted molar refractivity (Wildman–Crippen MR) is 123 cm³/mol. The monoisotopic (exact) mass is 486 g/mol. The van der Waals surface area contributed by atoms with Gasteiger partial charge in [0.25, 0.3) is 0 Å². The van der Waals surface area contributed by atoms with E-state index in [4.69, 9.17) is 9.73 Å². The Morgan fingerprint density at radius 3 is 2.78 bits per heavy atom. The number of rotatable bonds is 5. The third-order valence-corrected chi connectivity index (χ3v) is 5.58. The minimum absolute atomic E-state index is 0. The van der Waals surface area contributed by atoms with E-state index in [1.165, 1.54) is 12.0 Å². The molecule has 0 saturated carbocycles. The molecule has 2 aliphatic heterocycles. The highest BCUT2D eigenvalue weighted by molar-refractivity contribution is 14.0. The van der Waals surface area contributed by atoms with Crippen LogP contribution in [0.2, 0.25) is 0 Å². The van der Waals surface area contributed by atoms with E-state index in [0.29, 0.717) is 18.0 Å². The van der Waals surface area contributed by atoms with Crippen molar-refractivity contribution in [2.45, 2.75) is 45.2 Å². The van der Waals surface area contributed by atoms with Crippen molar-refractivity contribution in [2.24, 2.45) is 4.99 Å². The van der Waals surface area contributed by atoms with Crippen molar-refractivity contribution in [3.8, 4) is 0 Å². The molecule has 2 heterocycles. The lowest BCUT2D eigenvalue weighted by Crippen LogP contribution is -2.49. The summed E-state index contributed by atoms with van der Waals surface area (Å²) in [7, 11) is 0. The van der Waals surface area contributed by atoms with Gasteiger partial charge in [-0.2, -0.15) is 0 Å². The van der Waals surface area contributed by atoms with Gasteiger partial charge in [0.2, 0.25) is 0 Å². The molecule has 1 aromatic carbocycles. The van der Waals surface area contributed by atoms with E-state index in [0.717, 1.165) is 51.9 Å². The molecule has 3 unspecified atom stereocenters. The zero-order valence-corrected chi connectivity index (χ0v) is 19.3. The third kappa shape index (κ3) is 6.06. The van der Waals surface area contributed by atoms with Crippen LogP contribution in [0.3, 0.4) is 0 Å². The quantitative estimate of drug-likeness (QED) is 0.395. The Morgan fingerprint density at radius 2 is 2.07 bits per heavy atom. The lowest BCUT2D eigenvalue weighted by Gasteiger charge is -2.37. The Hall–Kier alpha value is -0.860. The SMILES string of the molecule is CCNC(=NCC(C)N1CCOCC1C)N1CCC(c2ccccc2)C1.I. The van der Waals surface area contributed by atoms with E-state index in [-0.39, 0.29) is 24.0 Å². The normalized spacial score (nSPS) is 25.1. The minimum Gasteiger partial charge on any atom is -0.379 e. The fourth-order valence-electron chi connectivity index (χ4n) is 4.09. The van der Waals surface area contributed by atoms with Gasteiger partial charge in [-0.15, -0.1) is 24.0 Å². The topological polar surface area (TPSA) is 40.1 Å². The lowest BCUT2D eigenvalue weighted by molar-refractivity contribution is -0.0166. The summed E-state index contributed by atoms with van der Waals surface area (Å²) in [6, 6.07) is 11.8. The fourth-order valence-corrected chi connectivity index (χ4v) is 4.09. The average Bonchev–Trinajstić information content (AvgIpc) is 3.16. The number of nitrogens with one attached hydrogen (secondary N) is 1. The second-order valence-electron chi connectivity index (χ2n) is 7.55. The molecule has 2 saturated heterocycles. The molecular formula is C21H35IN4O. The summed E-state index contributed by atoms with van der Waals surface area (Å²) in [6.45, 7) is 13.2. The Morgan fingerprint density at radius 1 is 1.30 bits per heavy atom. The van der Waals surface area contributed by atoms with Crippen LogP contribution in [0.4, 0.5) is 0 Å². The van der Waals surface area contributed by atoms with E-state index >= 15 is 0 Å². The highest BCUT2D eigenvalue weighted by Crippen LogP contribution is 2.26. The van der Waals surface area contributed by atoms with Crippen LogP contribution in [0, 0.1) is 0 Å². The van der Waals surface area contributed by atoms with Crippen LogP contribution in [-0.4, -0.2) is 73.8 Å². The van der Waals surface area contributed by atoms with Crippen LogP contribution in [0.25, 0.3) is 0 Å². The molecule has 27 heavy (non-hydrogen) atoms. The molecule has 3 atom stereocenters. The molecule has 0 radical (unpaired) electrons. The summed E-state index contributed by atoms with van der Waals surface area (Å²) in [4.78, 5) is 9.93. The first-order chi connectivity index (χ1) is 12.7. The second-order valence-corrected chi connectivity index (χ2v) is 7.55. The van der Waals surface area contributed by atoms with Crippen molar-refractivity contribution in [1.29, 1.82) is 0 Å². The molecule has 2 fully saturated rings. The van der Waals surface area contributed by atoms with Crippen LogP contribution >= 0.6 is 24.0 Å². The number of ether oxygens (including phenoxy) is 1. The summed E-state index contributed by atoms with van der Waals surface area (Å²) in [5.74, 6) is 1.68. The molecule has 1 N–H and O–H groups in total. The zero-order valence-electron chi connectivity index (χ0n) is 16.9. The molecule has 152 valence electrons. The van der Waals surface area contributed by atoms with Gasteiger partial charge in [0, 0.05) is 44.2 Å². The van der Waals surface area contributed by atoms with Gasteiger partial charge in [0.1, 0.15) is 0 Å². The van der Waals surface area contributed by atoms with E-state index in [9.17, 15) is 0 Å². The van der Waals surface area contributed by atoms with Crippen LogP contribution in [0.5, 0.6) is 0 Å². The first kappa shape index (κ1) is 22.4. The van der Waals surface area contributed by atoms with E-state index in [1.54, 1.807) is 0 Å². The lowest BCUT2D eigenvalue weighted by atomic mass is 9.99. The number of halogens is 1. The number of hydrogen-bond acceptors (Lipinski definition) is 3. The van der Waals surface area contributed by atoms with Gasteiger partial charge in [-0.05, 0) is 32.8 Å². The summed E-state index contributed by atoms with van der Waals surface area (Å²) < 4.78 is 5.56. The summed E-state index contributed by atoms with van der Waals surface area (Å²) in [5.41, 5.74) is 1.45. The van der Waals surface area contributed by atoms with Gasteiger partial charge in [0.05, 0.1) is 19.8 Å². The van der Waals surface area contributed by atoms with Gasteiger partial charge < -0.3 is 15.0 Å². The maximum absolute atomic E-state index is 5.56. The first-order valence-corrected chi connectivity index (χ1v) is 10.1. The number of likely N-dealkylation sites (tertiary alicyclic amines) is 1. The van der Waals surface area contributed by atoms with Gasteiger partial charge in [-0.25, -0.2) is 0 Å². The van der Waals surface area contributed by atoms with Crippen LogP contribution < -0.4 is 5.32 Å². The molecule has 0 spiro atoms. The predicted octanol–water partition coefficient (Wildman–Crippen LogP) is 3.17.